The van der Waals surface area contributed by atoms with E-state index in [1.54, 1.807) is 0 Å². The smallest absolute Gasteiger partial charge is 0.262 e. The molecule has 2 N–H and O–H groups in total. The number of H-pyrrole nitrogens is 1. The second-order valence-electron chi connectivity index (χ2n) is 7.96. The van der Waals surface area contributed by atoms with Crippen molar-refractivity contribution in [3.05, 3.63) is 52.5 Å². The first-order valence-electron chi connectivity index (χ1n) is 10.5. The number of piperazine rings is 1. The molecule has 156 valence electrons. The molecule has 0 saturated carbocycles. The number of halogens is 1. The van der Waals surface area contributed by atoms with Crippen molar-refractivity contribution in [1.29, 1.82) is 0 Å². The molecule has 1 fully saturated rings. The Labute approximate surface area is 184 Å². The van der Waals surface area contributed by atoms with Crippen LogP contribution in [0.2, 0.25) is 0 Å². The Balaban J connectivity index is 1.12. The second kappa shape index (κ2) is 8.32. The number of aromatic nitrogens is 1. The Morgan fingerprint density at radius 2 is 1.93 bits per heavy atom. The highest BCUT2D eigenvalue weighted by Crippen LogP contribution is 2.29. The molecule has 1 saturated heterocycles. The van der Waals surface area contributed by atoms with Gasteiger partial charge in [-0.3, -0.25) is 9.69 Å². The molecule has 1 amide bonds. The highest BCUT2D eigenvalue weighted by Gasteiger charge is 2.19. The molecule has 1 aromatic heterocycles. The minimum Gasteiger partial charge on any atom is -0.482 e. The SMILES string of the molecule is O=C1COc2ccc(CCCN3CCN(c4cc5cccc(Br)c5[nH]4)CC3)cc2N1. The number of nitrogens with one attached hydrogen (secondary N) is 2. The number of ether oxygens (including phenoxy) is 1. The summed E-state index contributed by atoms with van der Waals surface area (Å²) >= 11 is 3.63. The first-order valence-corrected chi connectivity index (χ1v) is 11.3. The van der Waals surface area contributed by atoms with Crippen LogP contribution in [-0.4, -0.2) is 55.1 Å². The fourth-order valence-electron chi connectivity index (χ4n) is 4.28. The number of benzene rings is 2. The van der Waals surface area contributed by atoms with E-state index < -0.39 is 0 Å². The van der Waals surface area contributed by atoms with Crippen LogP contribution in [0.3, 0.4) is 0 Å². The Hall–Kier alpha value is -2.51. The quantitative estimate of drug-likeness (QED) is 0.593. The Morgan fingerprint density at radius 1 is 1.07 bits per heavy atom. The molecule has 0 atom stereocenters. The molecule has 5 rings (SSSR count). The number of rotatable bonds is 5. The first-order chi connectivity index (χ1) is 14.7. The van der Waals surface area contributed by atoms with Crippen LogP contribution in [0.5, 0.6) is 5.75 Å². The highest BCUT2D eigenvalue weighted by molar-refractivity contribution is 9.10. The third-order valence-electron chi connectivity index (χ3n) is 5.92. The highest BCUT2D eigenvalue weighted by atomic mass is 79.9. The van der Waals surface area contributed by atoms with Crippen molar-refractivity contribution >= 4 is 44.2 Å². The van der Waals surface area contributed by atoms with Crippen molar-refractivity contribution in [2.24, 2.45) is 0 Å². The molecular weight excluding hydrogens is 444 g/mol. The number of carbonyl (C=O) groups excluding carboxylic acids is 1. The number of hydrogen-bond acceptors (Lipinski definition) is 4. The van der Waals surface area contributed by atoms with Crippen LogP contribution in [0.15, 0.2) is 46.9 Å². The molecular formula is C23H25BrN4O2. The van der Waals surface area contributed by atoms with Crippen LogP contribution >= 0.6 is 15.9 Å². The summed E-state index contributed by atoms with van der Waals surface area (Å²) in [6, 6.07) is 14.6. The summed E-state index contributed by atoms with van der Waals surface area (Å²) in [5.74, 6) is 1.88. The molecule has 7 heteroatoms. The normalized spacial score (nSPS) is 17.0. The summed E-state index contributed by atoms with van der Waals surface area (Å²) in [4.78, 5) is 20.0. The van der Waals surface area contributed by atoms with Crippen LogP contribution in [-0.2, 0) is 11.2 Å². The average molecular weight is 469 g/mol. The van der Waals surface area contributed by atoms with E-state index in [0.29, 0.717) is 0 Å². The maximum Gasteiger partial charge on any atom is 0.262 e. The van der Waals surface area contributed by atoms with Gasteiger partial charge in [-0.25, -0.2) is 0 Å². The largest absolute Gasteiger partial charge is 0.482 e. The van der Waals surface area contributed by atoms with Gasteiger partial charge in [0.15, 0.2) is 6.61 Å². The van der Waals surface area contributed by atoms with Gasteiger partial charge in [-0.05, 0) is 65.1 Å². The molecule has 0 bridgehead atoms. The third-order valence-corrected chi connectivity index (χ3v) is 6.58. The minimum atomic E-state index is -0.0835. The number of anilines is 2. The van der Waals surface area contributed by atoms with Gasteiger partial charge >= 0.3 is 0 Å². The fourth-order valence-corrected chi connectivity index (χ4v) is 4.76. The monoisotopic (exact) mass is 468 g/mol. The maximum atomic E-state index is 11.5. The van der Waals surface area contributed by atoms with Gasteiger partial charge in [0.2, 0.25) is 0 Å². The topological polar surface area (TPSA) is 60.6 Å². The first kappa shape index (κ1) is 19.5. The standard InChI is InChI=1S/C23H25BrN4O2/c24-18-5-1-4-17-14-21(26-23(17)18)28-11-9-27(10-12-28)8-2-3-16-6-7-20-19(13-16)25-22(29)15-30-20/h1,4-7,13-14,26H,2-3,8-12,15H2,(H,25,29). The van der Waals surface area contributed by atoms with Gasteiger partial charge < -0.3 is 19.9 Å². The zero-order valence-electron chi connectivity index (χ0n) is 16.8. The van der Waals surface area contributed by atoms with Gasteiger partial charge in [0.05, 0.1) is 11.2 Å². The van der Waals surface area contributed by atoms with Crippen molar-refractivity contribution in [3.63, 3.8) is 0 Å². The van der Waals surface area contributed by atoms with Crippen molar-refractivity contribution in [2.75, 3.05) is 49.5 Å². The zero-order chi connectivity index (χ0) is 20.5. The zero-order valence-corrected chi connectivity index (χ0v) is 18.4. The lowest BCUT2D eigenvalue weighted by Gasteiger charge is -2.35. The van der Waals surface area contributed by atoms with Crippen LogP contribution < -0.4 is 15.0 Å². The number of aromatic amines is 1. The van der Waals surface area contributed by atoms with Gasteiger partial charge in [0.1, 0.15) is 11.6 Å². The van der Waals surface area contributed by atoms with Gasteiger partial charge in [-0.15, -0.1) is 0 Å². The number of nitrogens with zero attached hydrogens (tertiary/aromatic N) is 2. The molecule has 3 aromatic rings. The van der Waals surface area contributed by atoms with E-state index in [1.165, 1.54) is 22.3 Å². The van der Waals surface area contributed by atoms with Crippen LogP contribution in [0, 0.1) is 0 Å². The van der Waals surface area contributed by atoms with Gasteiger partial charge in [0, 0.05) is 36.0 Å². The van der Waals surface area contributed by atoms with Crippen molar-refractivity contribution < 1.29 is 9.53 Å². The molecule has 0 aliphatic carbocycles. The van der Waals surface area contributed by atoms with E-state index in [2.05, 4.69) is 66.4 Å². The Morgan fingerprint density at radius 3 is 2.77 bits per heavy atom. The van der Waals surface area contributed by atoms with E-state index in [1.807, 2.05) is 12.1 Å². The molecule has 2 aliphatic heterocycles. The van der Waals surface area contributed by atoms with Crippen LogP contribution in [0.1, 0.15) is 12.0 Å². The summed E-state index contributed by atoms with van der Waals surface area (Å²) in [5.41, 5.74) is 3.20. The second-order valence-corrected chi connectivity index (χ2v) is 8.81. The molecule has 30 heavy (non-hydrogen) atoms. The predicted molar refractivity (Wildman–Crippen MR) is 124 cm³/mol. The molecule has 0 spiro atoms. The summed E-state index contributed by atoms with van der Waals surface area (Å²) in [6.45, 7) is 5.41. The van der Waals surface area contributed by atoms with E-state index in [0.717, 1.165) is 61.5 Å². The number of para-hydroxylation sites is 1. The van der Waals surface area contributed by atoms with Crippen LogP contribution in [0.4, 0.5) is 11.5 Å². The number of aryl methyl sites for hydroxylation is 1. The lowest BCUT2D eigenvalue weighted by Crippen LogP contribution is -2.46. The van der Waals surface area contributed by atoms with Crippen LogP contribution in [0.25, 0.3) is 10.9 Å². The van der Waals surface area contributed by atoms with E-state index in [-0.39, 0.29) is 12.5 Å². The molecule has 6 nitrogen and oxygen atoms in total. The van der Waals surface area contributed by atoms with Gasteiger partial charge in [0.25, 0.3) is 5.91 Å². The molecule has 3 heterocycles. The lowest BCUT2D eigenvalue weighted by molar-refractivity contribution is -0.118. The molecule has 2 aliphatic rings. The fraction of sp³-hybridized carbons (Fsp3) is 0.348. The average Bonchev–Trinajstić information content (AvgIpc) is 3.20. The molecule has 0 radical (unpaired) electrons. The summed E-state index contributed by atoms with van der Waals surface area (Å²) in [5, 5.41) is 4.13. The number of fused-ring (bicyclic) bond motifs is 2. The summed E-state index contributed by atoms with van der Waals surface area (Å²) in [6.07, 6.45) is 2.10. The van der Waals surface area contributed by atoms with Gasteiger partial charge in [-0.2, -0.15) is 0 Å². The predicted octanol–water partition coefficient (Wildman–Crippen LogP) is 4.02. The number of carbonyl (C=O) groups is 1. The molecule has 2 aromatic carbocycles. The van der Waals surface area contributed by atoms with E-state index in [9.17, 15) is 4.79 Å². The van der Waals surface area contributed by atoms with Crippen molar-refractivity contribution in [1.82, 2.24) is 9.88 Å². The maximum absolute atomic E-state index is 11.5. The van der Waals surface area contributed by atoms with Crippen molar-refractivity contribution in [2.45, 2.75) is 12.8 Å². The Bertz CT molecular complexity index is 1070. The Kier molecular flexibility index (Phi) is 5.39. The van der Waals surface area contributed by atoms with E-state index in [4.69, 9.17) is 4.74 Å². The third kappa shape index (κ3) is 4.04. The van der Waals surface area contributed by atoms with Crippen molar-refractivity contribution in [3.8, 4) is 5.75 Å². The minimum absolute atomic E-state index is 0.0835. The number of amides is 1. The van der Waals surface area contributed by atoms with Gasteiger partial charge in [-0.1, -0.05) is 18.2 Å². The van der Waals surface area contributed by atoms with E-state index >= 15 is 0 Å². The summed E-state index contributed by atoms with van der Waals surface area (Å²) < 4.78 is 6.54. The summed E-state index contributed by atoms with van der Waals surface area (Å²) in [7, 11) is 0. The lowest BCUT2D eigenvalue weighted by atomic mass is 10.1. The number of hydrogen-bond donors (Lipinski definition) is 2. The molecule has 0 unspecified atom stereocenters.